The fourth-order valence-electron chi connectivity index (χ4n) is 5.53. The van der Waals surface area contributed by atoms with Crippen molar-refractivity contribution in [3.63, 3.8) is 0 Å². The van der Waals surface area contributed by atoms with Crippen molar-refractivity contribution >= 4 is 22.6 Å². The second-order valence-corrected chi connectivity index (χ2v) is 10.8. The summed E-state index contributed by atoms with van der Waals surface area (Å²) in [7, 11) is 1.85. The third kappa shape index (κ3) is 5.53. The van der Waals surface area contributed by atoms with E-state index in [-0.39, 0.29) is 23.8 Å². The number of carbonyl (C=O) groups is 1. The summed E-state index contributed by atoms with van der Waals surface area (Å²) in [5.41, 5.74) is 4.51. The van der Waals surface area contributed by atoms with Crippen molar-refractivity contribution in [2.45, 2.75) is 57.2 Å². The van der Waals surface area contributed by atoms with Crippen LogP contribution in [-0.4, -0.2) is 66.0 Å². The number of benzene rings is 1. The number of aryl methyl sites for hydroxylation is 1. The summed E-state index contributed by atoms with van der Waals surface area (Å²) in [6.45, 7) is 6.11. The van der Waals surface area contributed by atoms with Crippen molar-refractivity contribution in [1.82, 2.24) is 29.2 Å². The maximum atomic E-state index is 12.9. The van der Waals surface area contributed by atoms with Crippen LogP contribution < -0.4 is 5.32 Å². The maximum absolute atomic E-state index is 12.9. The lowest BCUT2D eigenvalue weighted by atomic mass is 9.93. The van der Waals surface area contributed by atoms with Gasteiger partial charge in [-0.1, -0.05) is 6.07 Å². The standard InChI is InChI=1S/C29H35N7O3/c1-19(21-15-30-34(2)16-21)29(38)31-22-6-7-26-25(14-22)32-27(36(26)17-23-10-13-39-23)18-35-11-8-20(9-12-35)24-4-3-5-28(37)33-24/h3-7,14-16,19-20,23H,8-13,17-18H2,1-2H3,(H,31,38)(H,33,37). The molecule has 0 aliphatic carbocycles. The molecule has 0 bridgehead atoms. The molecule has 2 aliphatic rings. The van der Waals surface area contributed by atoms with Crippen LogP contribution in [0.4, 0.5) is 5.69 Å². The minimum absolute atomic E-state index is 0.0750. The molecule has 2 aliphatic heterocycles. The van der Waals surface area contributed by atoms with E-state index in [2.05, 4.69) is 30.9 Å². The average Bonchev–Trinajstić information content (AvgIpc) is 3.48. The fraction of sp³-hybridized carbons (Fsp3) is 0.448. The van der Waals surface area contributed by atoms with Gasteiger partial charge in [0.1, 0.15) is 5.82 Å². The minimum Gasteiger partial charge on any atom is -0.493 e. The van der Waals surface area contributed by atoms with E-state index in [1.165, 1.54) is 0 Å². The van der Waals surface area contributed by atoms with Gasteiger partial charge in [-0.25, -0.2) is 9.97 Å². The number of hydrogen-bond donors (Lipinski definition) is 2. The van der Waals surface area contributed by atoms with E-state index in [9.17, 15) is 9.90 Å². The first-order valence-corrected chi connectivity index (χ1v) is 13.7. The Balaban J connectivity index is 1.18. The van der Waals surface area contributed by atoms with E-state index >= 15 is 0 Å². The predicted molar refractivity (Wildman–Crippen MR) is 147 cm³/mol. The van der Waals surface area contributed by atoms with Crippen LogP contribution in [-0.2, 0) is 29.7 Å². The van der Waals surface area contributed by atoms with Gasteiger partial charge in [-0.2, -0.15) is 5.10 Å². The van der Waals surface area contributed by atoms with Crippen molar-refractivity contribution in [3.05, 3.63) is 65.9 Å². The lowest BCUT2D eigenvalue weighted by Crippen LogP contribution is -2.35. The van der Waals surface area contributed by atoms with Gasteiger partial charge in [0.15, 0.2) is 0 Å². The number of rotatable bonds is 8. The normalized spacial score (nSPS) is 19.2. The predicted octanol–water partition coefficient (Wildman–Crippen LogP) is 3.78. The molecule has 2 N–H and O–H groups in total. The number of hydrogen-bond acceptors (Lipinski definition) is 7. The van der Waals surface area contributed by atoms with Crippen molar-refractivity contribution in [3.8, 4) is 5.88 Å². The van der Waals surface area contributed by atoms with E-state index in [1.54, 1.807) is 16.9 Å². The number of imidazole rings is 1. The van der Waals surface area contributed by atoms with Crippen LogP contribution in [0.3, 0.4) is 0 Å². The maximum Gasteiger partial charge on any atom is 0.231 e. The van der Waals surface area contributed by atoms with Gasteiger partial charge in [-0.15, -0.1) is 0 Å². The van der Waals surface area contributed by atoms with Crippen molar-refractivity contribution in [1.29, 1.82) is 0 Å². The van der Waals surface area contributed by atoms with Gasteiger partial charge in [0, 0.05) is 48.8 Å². The first-order valence-electron chi connectivity index (χ1n) is 13.7. The van der Waals surface area contributed by atoms with Crippen LogP contribution in [0.1, 0.15) is 55.1 Å². The summed E-state index contributed by atoms with van der Waals surface area (Å²) in [6, 6.07) is 11.5. The van der Waals surface area contributed by atoms with Crippen LogP contribution in [0.25, 0.3) is 11.0 Å². The first kappa shape index (κ1) is 25.5. The van der Waals surface area contributed by atoms with E-state index in [4.69, 9.17) is 9.72 Å². The van der Waals surface area contributed by atoms with E-state index < -0.39 is 0 Å². The Morgan fingerprint density at radius 1 is 1.18 bits per heavy atom. The smallest absolute Gasteiger partial charge is 0.231 e. The molecule has 39 heavy (non-hydrogen) atoms. The fourth-order valence-corrected chi connectivity index (χ4v) is 5.53. The van der Waals surface area contributed by atoms with Gasteiger partial charge in [0.05, 0.1) is 42.3 Å². The number of piperidine rings is 1. The molecule has 4 aromatic rings. The molecule has 0 radical (unpaired) electrons. The number of amides is 1. The second-order valence-electron chi connectivity index (χ2n) is 10.8. The Labute approximate surface area is 227 Å². The van der Waals surface area contributed by atoms with Crippen molar-refractivity contribution in [2.75, 3.05) is 25.0 Å². The molecule has 2 fully saturated rings. The molecule has 0 spiro atoms. The topological polar surface area (TPSA) is 110 Å². The van der Waals surface area contributed by atoms with Crippen LogP contribution in [0, 0.1) is 0 Å². The largest absolute Gasteiger partial charge is 0.493 e. The number of fused-ring (bicyclic) bond motifs is 1. The number of likely N-dealkylation sites (tertiary alicyclic amines) is 1. The van der Waals surface area contributed by atoms with E-state index in [0.717, 1.165) is 85.9 Å². The van der Waals surface area contributed by atoms with Crippen LogP contribution in [0.2, 0.25) is 0 Å². The van der Waals surface area contributed by atoms with E-state index in [0.29, 0.717) is 5.92 Å². The highest BCUT2D eigenvalue weighted by Gasteiger charge is 2.26. The van der Waals surface area contributed by atoms with Gasteiger partial charge < -0.3 is 19.7 Å². The highest BCUT2D eigenvalue weighted by atomic mass is 16.5. The van der Waals surface area contributed by atoms with Gasteiger partial charge in [0.2, 0.25) is 11.8 Å². The Bertz CT molecular complexity index is 1470. The third-order valence-electron chi connectivity index (χ3n) is 8.02. The van der Waals surface area contributed by atoms with Crippen molar-refractivity contribution < 1.29 is 14.6 Å². The molecule has 10 nitrogen and oxygen atoms in total. The van der Waals surface area contributed by atoms with Crippen LogP contribution in [0.5, 0.6) is 5.88 Å². The molecule has 204 valence electrons. The molecule has 6 rings (SSSR count). The quantitative estimate of drug-likeness (QED) is 0.357. The zero-order chi connectivity index (χ0) is 26.9. The van der Waals surface area contributed by atoms with Crippen LogP contribution >= 0.6 is 0 Å². The second kappa shape index (κ2) is 10.8. The van der Waals surface area contributed by atoms with Gasteiger partial charge in [0.25, 0.3) is 0 Å². The zero-order valence-corrected chi connectivity index (χ0v) is 22.5. The first-order chi connectivity index (χ1) is 18.9. The Morgan fingerprint density at radius 2 is 2.00 bits per heavy atom. The molecule has 1 aromatic carbocycles. The molecular formula is C29H35N7O3. The van der Waals surface area contributed by atoms with Crippen molar-refractivity contribution in [2.24, 2.45) is 7.05 Å². The summed E-state index contributed by atoms with van der Waals surface area (Å²) in [5, 5.41) is 17.0. The molecule has 10 heteroatoms. The Hall–Kier alpha value is -3.76. The summed E-state index contributed by atoms with van der Waals surface area (Å²) in [4.78, 5) is 24.7. The third-order valence-corrected chi connectivity index (χ3v) is 8.02. The number of anilines is 1. The summed E-state index contributed by atoms with van der Waals surface area (Å²) >= 11 is 0. The number of aromatic nitrogens is 5. The van der Waals surface area contributed by atoms with Gasteiger partial charge in [-0.05, 0) is 63.5 Å². The lowest BCUT2D eigenvalue weighted by molar-refractivity contribution is -0.117. The molecule has 2 atom stereocenters. The number of nitrogens with one attached hydrogen (secondary N) is 1. The number of pyridine rings is 1. The van der Waals surface area contributed by atoms with E-state index in [1.807, 2.05) is 44.4 Å². The van der Waals surface area contributed by atoms with Gasteiger partial charge in [-0.3, -0.25) is 14.4 Å². The molecule has 1 amide bonds. The Morgan fingerprint density at radius 3 is 2.69 bits per heavy atom. The zero-order valence-electron chi connectivity index (χ0n) is 22.5. The Kier molecular flexibility index (Phi) is 7.05. The molecular weight excluding hydrogens is 494 g/mol. The highest BCUT2D eigenvalue weighted by Crippen LogP contribution is 2.30. The summed E-state index contributed by atoms with van der Waals surface area (Å²) in [5.74, 6) is 1.08. The van der Waals surface area contributed by atoms with Crippen LogP contribution in [0.15, 0.2) is 48.8 Å². The molecule has 3 aromatic heterocycles. The molecule has 0 saturated carbocycles. The molecule has 5 heterocycles. The SMILES string of the molecule is CC(C(=O)Nc1ccc2c(c1)nc(CN1CCC(c3cccc(O)n3)CC1)n2CC1CCO1)c1cnn(C)c1. The molecule has 2 unspecified atom stereocenters. The number of aromatic hydroxyl groups is 1. The average molecular weight is 530 g/mol. The molecule has 2 saturated heterocycles. The number of nitrogens with zero attached hydrogens (tertiary/aromatic N) is 6. The lowest BCUT2D eigenvalue weighted by Gasteiger charge is -2.32. The number of ether oxygens (including phenoxy) is 1. The number of carbonyl (C=O) groups excluding carboxylic acids is 1. The monoisotopic (exact) mass is 529 g/mol. The minimum atomic E-state index is -0.309. The van der Waals surface area contributed by atoms with Gasteiger partial charge >= 0.3 is 0 Å². The highest BCUT2D eigenvalue weighted by molar-refractivity contribution is 5.97. The summed E-state index contributed by atoms with van der Waals surface area (Å²) < 4.78 is 9.75. The summed E-state index contributed by atoms with van der Waals surface area (Å²) in [6.07, 6.45) is 6.85.